The molecule has 0 unspecified atom stereocenters. The molecule has 0 radical (unpaired) electrons. The van der Waals surface area contributed by atoms with Crippen molar-refractivity contribution in [3.63, 3.8) is 0 Å². The minimum absolute atomic E-state index is 0.511. The highest BCUT2D eigenvalue weighted by Gasteiger charge is 2.19. The van der Waals surface area contributed by atoms with Gasteiger partial charge < -0.3 is 15.0 Å². The topological polar surface area (TPSA) is 24.5 Å². The number of rotatable bonds is 8. The highest BCUT2D eigenvalue weighted by molar-refractivity contribution is 5.37. The van der Waals surface area contributed by atoms with Gasteiger partial charge in [-0.3, -0.25) is 0 Å². The molecule has 1 aliphatic carbocycles. The summed E-state index contributed by atoms with van der Waals surface area (Å²) in [5.74, 6) is 1.91. The summed E-state index contributed by atoms with van der Waals surface area (Å²) in [5.41, 5.74) is 2.62. The van der Waals surface area contributed by atoms with Gasteiger partial charge in [0, 0.05) is 31.2 Å². The Morgan fingerprint density at radius 1 is 1.33 bits per heavy atom. The fraction of sp³-hybridized carbons (Fsp3) is 0.667. The maximum Gasteiger partial charge on any atom is 0.123 e. The number of hydrogen-bond acceptors (Lipinski definition) is 3. The van der Waals surface area contributed by atoms with Gasteiger partial charge in [0.15, 0.2) is 0 Å². The van der Waals surface area contributed by atoms with E-state index in [2.05, 4.69) is 49.3 Å². The van der Waals surface area contributed by atoms with Crippen molar-refractivity contribution >= 4 is 0 Å². The Kier molecular flexibility index (Phi) is 6.07. The second kappa shape index (κ2) is 7.81. The monoisotopic (exact) mass is 290 g/mol. The van der Waals surface area contributed by atoms with E-state index >= 15 is 0 Å². The van der Waals surface area contributed by atoms with E-state index < -0.39 is 0 Å². The standard InChI is InChI=1S/C18H30N2O/c1-14(2)19-11-16-8-9-18(21-4)17(10-16)13-20(3)12-15-6-5-7-15/h8-10,14-15,19H,5-7,11-13H2,1-4H3. The van der Waals surface area contributed by atoms with Gasteiger partial charge in [-0.2, -0.15) is 0 Å². The summed E-state index contributed by atoms with van der Waals surface area (Å²) in [5, 5.41) is 3.48. The Bertz CT molecular complexity index is 441. The van der Waals surface area contributed by atoms with Gasteiger partial charge in [0.05, 0.1) is 7.11 Å². The summed E-state index contributed by atoms with van der Waals surface area (Å²) in [6, 6.07) is 7.05. The molecule has 1 aromatic rings. The highest BCUT2D eigenvalue weighted by Crippen LogP contribution is 2.28. The summed E-state index contributed by atoms with van der Waals surface area (Å²) < 4.78 is 5.53. The molecule has 3 heteroatoms. The Balaban J connectivity index is 1.98. The van der Waals surface area contributed by atoms with Crippen molar-refractivity contribution in [2.45, 2.75) is 52.2 Å². The van der Waals surface area contributed by atoms with E-state index in [4.69, 9.17) is 4.74 Å². The molecule has 1 fully saturated rings. The zero-order valence-corrected chi connectivity index (χ0v) is 14.0. The van der Waals surface area contributed by atoms with Crippen LogP contribution in [0.5, 0.6) is 5.75 Å². The van der Waals surface area contributed by atoms with Crippen LogP contribution in [0.4, 0.5) is 0 Å². The Morgan fingerprint density at radius 2 is 2.10 bits per heavy atom. The van der Waals surface area contributed by atoms with Gasteiger partial charge in [-0.25, -0.2) is 0 Å². The lowest BCUT2D eigenvalue weighted by Gasteiger charge is -2.30. The third kappa shape index (κ3) is 5.01. The summed E-state index contributed by atoms with van der Waals surface area (Å²) >= 11 is 0. The Hall–Kier alpha value is -1.06. The zero-order chi connectivity index (χ0) is 15.2. The third-order valence-electron chi connectivity index (χ3n) is 4.29. The van der Waals surface area contributed by atoms with E-state index in [0.717, 1.165) is 24.8 Å². The van der Waals surface area contributed by atoms with Crippen LogP contribution in [0.3, 0.4) is 0 Å². The number of ether oxygens (including phenoxy) is 1. The molecule has 0 aliphatic heterocycles. The number of nitrogens with zero attached hydrogens (tertiary/aromatic N) is 1. The van der Waals surface area contributed by atoms with Gasteiger partial charge in [0.2, 0.25) is 0 Å². The second-order valence-corrected chi connectivity index (χ2v) is 6.68. The molecular weight excluding hydrogens is 260 g/mol. The zero-order valence-electron chi connectivity index (χ0n) is 14.0. The molecule has 2 rings (SSSR count). The molecule has 3 nitrogen and oxygen atoms in total. The first-order valence-corrected chi connectivity index (χ1v) is 8.16. The summed E-state index contributed by atoms with van der Waals surface area (Å²) in [6.45, 7) is 7.45. The first kappa shape index (κ1) is 16.3. The van der Waals surface area contributed by atoms with Gasteiger partial charge >= 0.3 is 0 Å². The number of hydrogen-bond donors (Lipinski definition) is 1. The van der Waals surface area contributed by atoms with Crippen molar-refractivity contribution in [2.75, 3.05) is 20.7 Å². The van der Waals surface area contributed by atoms with Crippen LogP contribution in [0.2, 0.25) is 0 Å². The largest absolute Gasteiger partial charge is 0.496 e. The minimum atomic E-state index is 0.511. The van der Waals surface area contributed by atoms with Crippen molar-refractivity contribution in [1.29, 1.82) is 0 Å². The number of nitrogens with one attached hydrogen (secondary N) is 1. The quantitative estimate of drug-likeness (QED) is 0.794. The molecule has 0 atom stereocenters. The van der Waals surface area contributed by atoms with E-state index in [9.17, 15) is 0 Å². The first-order chi connectivity index (χ1) is 10.1. The van der Waals surface area contributed by atoms with Crippen LogP contribution in [0.25, 0.3) is 0 Å². The Labute approximate surface area is 129 Å². The fourth-order valence-electron chi connectivity index (χ4n) is 2.86. The normalized spacial score (nSPS) is 15.5. The van der Waals surface area contributed by atoms with Crippen LogP contribution >= 0.6 is 0 Å². The Morgan fingerprint density at radius 3 is 2.67 bits per heavy atom. The predicted molar refractivity (Wildman–Crippen MR) is 88.6 cm³/mol. The van der Waals surface area contributed by atoms with Gasteiger partial charge in [-0.05, 0) is 43.5 Å². The van der Waals surface area contributed by atoms with Gasteiger partial charge in [0.1, 0.15) is 5.75 Å². The fourth-order valence-corrected chi connectivity index (χ4v) is 2.86. The SMILES string of the molecule is COc1ccc(CNC(C)C)cc1CN(C)CC1CCC1. The lowest BCUT2D eigenvalue weighted by Crippen LogP contribution is -2.29. The van der Waals surface area contributed by atoms with Crippen molar-refractivity contribution in [1.82, 2.24) is 10.2 Å². The van der Waals surface area contributed by atoms with Gasteiger partial charge in [-0.15, -0.1) is 0 Å². The van der Waals surface area contributed by atoms with E-state index in [-0.39, 0.29) is 0 Å². The van der Waals surface area contributed by atoms with Crippen LogP contribution in [0.1, 0.15) is 44.2 Å². The third-order valence-corrected chi connectivity index (χ3v) is 4.29. The smallest absolute Gasteiger partial charge is 0.123 e. The first-order valence-electron chi connectivity index (χ1n) is 8.16. The lowest BCUT2D eigenvalue weighted by molar-refractivity contribution is 0.199. The lowest BCUT2D eigenvalue weighted by atomic mass is 9.85. The molecule has 0 bridgehead atoms. The van der Waals surface area contributed by atoms with E-state index in [1.807, 2.05) is 0 Å². The van der Waals surface area contributed by atoms with E-state index in [1.165, 1.54) is 36.9 Å². The van der Waals surface area contributed by atoms with Crippen molar-refractivity contribution in [3.8, 4) is 5.75 Å². The average molecular weight is 290 g/mol. The molecule has 1 aliphatic rings. The summed E-state index contributed by atoms with van der Waals surface area (Å²) in [4.78, 5) is 2.43. The average Bonchev–Trinajstić information content (AvgIpc) is 2.41. The van der Waals surface area contributed by atoms with Crippen LogP contribution in [-0.4, -0.2) is 31.6 Å². The van der Waals surface area contributed by atoms with Gasteiger partial charge in [0.25, 0.3) is 0 Å². The molecule has 0 saturated heterocycles. The molecule has 1 N–H and O–H groups in total. The van der Waals surface area contributed by atoms with Crippen molar-refractivity contribution in [2.24, 2.45) is 5.92 Å². The maximum atomic E-state index is 5.53. The highest BCUT2D eigenvalue weighted by atomic mass is 16.5. The molecule has 0 heterocycles. The van der Waals surface area contributed by atoms with Crippen LogP contribution in [-0.2, 0) is 13.1 Å². The minimum Gasteiger partial charge on any atom is -0.496 e. The van der Waals surface area contributed by atoms with Crippen LogP contribution < -0.4 is 10.1 Å². The van der Waals surface area contributed by atoms with Crippen molar-refractivity contribution < 1.29 is 4.74 Å². The van der Waals surface area contributed by atoms with E-state index in [1.54, 1.807) is 7.11 Å². The maximum absolute atomic E-state index is 5.53. The van der Waals surface area contributed by atoms with Crippen molar-refractivity contribution in [3.05, 3.63) is 29.3 Å². The molecule has 21 heavy (non-hydrogen) atoms. The second-order valence-electron chi connectivity index (χ2n) is 6.68. The van der Waals surface area contributed by atoms with Gasteiger partial charge in [-0.1, -0.05) is 26.3 Å². The molecule has 0 aromatic heterocycles. The summed E-state index contributed by atoms with van der Waals surface area (Å²) in [6.07, 6.45) is 4.22. The molecule has 0 spiro atoms. The predicted octanol–water partition coefficient (Wildman–Crippen LogP) is 3.43. The molecule has 0 amide bonds. The van der Waals surface area contributed by atoms with E-state index in [0.29, 0.717) is 6.04 Å². The number of methoxy groups -OCH3 is 1. The van der Waals surface area contributed by atoms with Crippen LogP contribution in [0.15, 0.2) is 18.2 Å². The summed E-state index contributed by atoms with van der Waals surface area (Å²) in [7, 11) is 3.98. The number of benzene rings is 1. The molecule has 1 saturated carbocycles. The molecule has 1 aromatic carbocycles. The molecular formula is C18H30N2O. The van der Waals surface area contributed by atoms with Crippen LogP contribution in [0, 0.1) is 5.92 Å². The molecule has 118 valence electrons.